The van der Waals surface area contributed by atoms with E-state index in [0.29, 0.717) is 0 Å². The largest absolute Gasteiger partial charge is 0.394 e. The number of carbonyl (C=O) groups excluding carboxylic acids is 1. The highest BCUT2D eigenvalue weighted by atomic mass is 19.1. The molecule has 1 heterocycles. The van der Waals surface area contributed by atoms with Crippen LogP contribution >= 0.6 is 0 Å². The van der Waals surface area contributed by atoms with Gasteiger partial charge in [0.1, 0.15) is 24.4 Å². The van der Waals surface area contributed by atoms with Crippen molar-refractivity contribution in [2.45, 2.75) is 30.6 Å². The quantitative estimate of drug-likeness (QED) is 0.355. The number of ether oxygens (including phenoxy) is 1. The highest BCUT2D eigenvalue weighted by molar-refractivity contribution is 5.77. The Labute approximate surface area is 90.5 Å². The van der Waals surface area contributed by atoms with Crippen molar-refractivity contribution in [3.63, 3.8) is 0 Å². The van der Waals surface area contributed by atoms with Gasteiger partial charge in [-0.25, -0.2) is 4.39 Å². The normalized spacial score (nSPS) is 39.4. The van der Waals surface area contributed by atoms with Crippen LogP contribution in [0.5, 0.6) is 0 Å². The van der Waals surface area contributed by atoms with E-state index in [-0.39, 0.29) is 0 Å². The maximum absolute atomic E-state index is 11.9. The summed E-state index contributed by atoms with van der Waals surface area (Å²) in [5, 5.41) is 39.0. The second-order valence-electron chi connectivity index (χ2n) is 3.46. The molecule has 0 bridgehead atoms. The van der Waals surface area contributed by atoms with Gasteiger partial charge in [-0.05, 0) is 0 Å². The Balaban J connectivity index is 2.67. The van der Waals surface area contributed by atoms with Gasteiger partial charge in [0.25, 0.3) is 5.91 Å². The van der Waals surface area contributed by atoms with Crippen LogP contribution in [0.2, 0.25) is 0 Å². The molecule has 1 aliphatic heterocycles. The number of carbonyl (C=O) groups is 1. The predicted molar refractivity (Wildman–Crippen MR) is 47.9 cm³/mol. The molecule has 0 aromatic heterocycles. The van der Waals surface area contributed by atoms with Crippen molar-refractivity contribution in [1.82, 2.24) is 5.32 Å². The lowest BCUT2D eigenvalue weighted by molar-refractivity contribution is -0.253. The summed E-state index contributed by atoms with van der Waals surface area (Å²) in [4.78, 5) is 10.7. The maximum Gasteiger partial charge on any atom is 0.251 e. The molecule has 0 aliphatic carbocycles. The summed E-state index contributed by atoms with van der Waals surface area (Å²) < 4.78 is 16.7. The number of halogens is 1. The Kier molecular flexibility index (Phi) is 4.56. The molecule has 5 atom stereocenters. The standard InChI is InChI=1S/C8H14FNO6/c9-1-4(12)10-5-7(14)6(13)3(2-11)16-8(5)15/h3,5-8,11,13-15H,1-2H2,(H,10,12)/t3?,5-,6-,7?,8?/m1/s1. The molecule has 0 saturated carbocycles. The number of aliphatic hydroxyl groups is 4. The van der Waals surface area contributed by atoms with E-state index in [9.17, 15) is 24.5 Å². The smallest absolute Gasteiger partial charge is 0.251 e. The van der Waals surface area contributed by atoms with Crippen molar-refractivity contribution in [3.05, 3.63) is 0 Å². The van der Waals surface area contributed by atoms with Gasteiger partial charge in [0.05, 0.1) is 6.61 Å². The molecule has 3 unspecified atom stereocenters. The molecule has 5 N–H and O–H groups in total. The van der Waals surface area contributed by atoms with Crippen LogP contribution in [0.4, 0.5) is 4.39 Å². The summed E-state index contributed by atoms with van der Waals surface area (Å²) in [7, 11) is 0. The molecule has 0 aromatic rings. The first kappa shape index (κ1) is 13.3. The number of nitrogens with one attached hydrogen (secondary N) is 1. The van der Waals surface area contributed by atoms with Crippen LogP contribution in [-0.2, 0) is 9.53 Å². The van der Waals surface area contributed by atoms with Crippen molar-refractivity contribution >= 4 is 5.91 Å². The summed E-state index contributed by atoms with van der Waals surface area (Å²) >= 11 is 0. The van der Waals surface area contributed by atoms with Crippen molar-refractivity contribution in [3.8, 4) is 0 Å². The van der Waals surface area contributed by atoms with E-state index in [1.807, 2.05) is 5.32 Å². The predicted octanol–water partition coefficient (Wildman–Crippen LogP) is -3.13. The van der Waals surface area contributed by atoms with Crippen LogP contribution in [-0.4, -0.2) is 70.3 Å². The first-order valence-corrected chi connectivity index (χ1v) is 4.67. The van der Waals surface area contributed by atoms with Gasteiger partial charge in [0, 0.05) is 0 Å². The fourth-order valence-electron chi connectivity index (χ4n) is 1.48. The molecule has 16 heavy (non-hydrogen) atoms. The minimum absolute atomic E-state index is 0.598. The number of hydrogen-bond acceptors (Lipinski definition) is 6. The van der Waals surface area contributed by atoms with E-state index in [1.165, 1.54) is 0 Å². The van der Waals surface area contributed by atoms with Crippen LogP contribution in [0.15, 0.2) is 0 Å². The second-order valence-corrected chi connectivity index (χ2v) is 3.46. The van der Waals surface area contributed by atoms with E-state index in [2.05, 4.69) is 0 Å². The number of amides is 1. The first-order chi connectivity index (χ1) is 7.51. The topological polar surface area (TPSA) is 119 Å². The zero-order valence-electron chi connectivity index (χ0n) is 8.28. The summed E-state index contributed by atoms with van der Waals surface area (Å²) in [6, 6.07) is -1.33. The Morgan fingerprint density at radius 3 is 2.44 bits per heavy atom. The number of hydrogen-bond donors (Lipinski definition) is 5. The number of alkyl halides is 1. The van der Waals surface area contributed by atoms with Gasteiger partial charge in [-0.1, -0.05) is 0 Å². The summed E-state index contributed by atoms with van der Waals surface area (Å²) in [6.07, 6.45) is -5.79. The molecule has 1 amide bonds. The van der Waals surface area contributed by atoms with Gasteiger partial charge in [-0.2, -0.15) is 0 Å². The minimum Gasteiger partial charge on any atom is -0.394 e. The molecule has 7 nitrogen and oxygen atoms in total. The van der Waals surface area contributed by atoms with Crippen LogP contribution in [0.1, 0.15) is 0 Å². The molecule has 0 aromatic carbocycles. The molecule has 1 saturated heterocycles. The van der Waals surface area contributed by atoms with Crippen LogP contribution in [0.3, 0.4) is 0 Å². The van der Waals surface area contributed by atoms with E-state index in [4.69, 9.17) is 9.84 Å². The average molecular weight is 239 g/mol. The lowest BCUT2D eigenvalue weighted by Crippen LogP contribution is -2.64. The van der Waals surface area contributed by atoms with Gasteiger partial charge in [0.15, 0.2) is 13.0 Å². The zero-order valence-corrected chi connectivity index (χ0v) is 8.28. The van der Waals surface area contributed by atoms with Crippen molar-refractivity contribution < 1.29 is 34.3 Å². The van der Waals surface area contributed by atoms with E-state index in [1.54, 1.807) is 0 Å². The Bertz CT molecular complexity index is 253. The van der Waals surface area contributed by atoms with Gasteiger partial charge in [-0.15, -0.1) is 0 Å². The zero-order chi connectivity index (χ0) is 12.3. The van der Waals surface area contributed by atoms with Crippen LogP contribution in [0.25, 0.3) is 0 Å². The summed E-state index contributed by atoms with van der Waals surface area (Å²) in [6.45, 7) is -1.91. The number of aliphatic hydroxyl groups excluding tert-OH is 4. The average Bonchev–Trinajstić information content (AvgIpc) is 2.28. The Hall–Kier alpha value is -0.800. The Morgan fingerprint density at radius 2 is 1.94 bits per heavy atom. The molecule has 1 fully saturated rings. The van der Waals surface area contributed by atoms with Crippen molar-refractivity contribution in [2.24, 2.45) is 0 Å². The van der Waals surface area contributed by atoms with Gasteiger partial charge in [0.2, 0.25) is 0 Å². The highest BCUT2D eigenvalue weighted by Gasteiger charge is 2.44. The fraction of sp³-hybridized carbons (Fsp3) is 0.875. The highest BCUT2D eigenvalue weighted by Crippen LogP contribution is 2.19. The van der Waals surface area contributed by atoms with Crippen molar-refractivity contribution in [2.75, 3.05) is 13.3 Å². The lowest BCUT2D eigenvalue weighted by atomic mass is 9.97. The van der Waals surface area contributed by atoms with E-state index < -0.39 is 49.8 Å². The molecular formula is C8H14FNO6. The number of rotatable bonds is 3. The monoisotopic (exact) mass is 239 g/mol. The molecule has 1 rings (SSSR count). The SMILES string of the molecule is O=C(CF)N[C@H]1C(O)OC(CO)[C@@H](O)C1O. The molecular weight excluding hydrogens is 225 g/mol. The summed E-state index contributed by atoms with van der Waals surface area (Å²) in [5.41, 5.74) is 0. The maximum atomic E-state index is 11.9. The molecule has 0 radical (unpaired) electrons. The van der Waals surface area contributed by atoms with Gasteiger partial charge >= 0.3 is 0 Å². The van der Waals surface area contributed by atoms with E-state index in [0.717, 1.165) is 0 Å². The first-order valence-electron chi connectivity index (χ1n) is 4.67. The Morgan fingerprint density at radius 1 is 1.31 bits per heavy atom. The van der Waals surface area contributed by atoms with Gasteiger partial charge in [-0.3, -0.25) is 4.79 Å². The lowest BCUT2D eigenvalue weighted by Gasteiger charge is -2.40. The fourth-order valence-corrected chi connectivity index (χ4v) is 1.48. The van der Waals surface area contributed by atoms with Crippen LogP contribution < -0.4 is 5.32 Å². The minimum atomic E-state index is -1.62. The molecule has 8 heteroatoms. The van der Waals surface area contributed by atoms with Crippen LogP contribution in [0, 0.1) is 0 Å². The van der Waals surface area contributed by atoms with E-state index >= 15 is 0 Å². The summed E-state index contributed by atoms with van der Waals surface area (Å²) in [5.74, 6) is -1.04. The third kappa shape index (κ3) is 2.66. The molecule has 0 spiro atoms. The third-order valence-corrected chi connectivity index (χ3v) is 2.35. The molecule has 1 aliphatic rings. The van der Waals surface area contributed by atoms with Crippen molar-refractivity contribution in [1.29, 1.82) is 0 Å². The molecule has 94 valence electrons. The van der Waals surface area contributed by atoms with Gasteiger partial charge < -0.3 is 30.5 Å². The second kappa shape index (κ2) is 5.51. The third-order valence-electron chi connectivity index (χ3n) is 2.35.